The van der Waals surface area contributed by atoms with Gasteiger partial charge in [-0.25, -0.2) is 4.68 Å². The average Bonchev–Trinajstić information content (AvgIpc) is 3.23. The first-order valence-corrected chi connectivity index (χ1v) is 7.90. The summed E-state index contributed by atoms with van der Waals surface area (Å²) in [6.45, 7) is 3.16. The zero-order valence-corrected chi connectivity index (χ0v) is 13.3. The molecular formula is C17H21N5O. The van der Waals surface area contributed by atoms with Crippen molar-refractivity contribution in [2.24, 2.45) is 0 Å². The van der Waals surface area contributed by atoms with Gasteiger partial charge in [0, 0.05) is 31.1 Å². The molecule has 0 bridgehead atoms. The zero-order chi connectivity index (χ0) is 16.1. The number of rotatable bonds is 7. The fraction of sp³-hybridized carbons (Fsp3) is 0.353. The fourth-order valence-corrected chi connectivity index (χ4v) is 2.59. The van der Waals surface area contributed by atoms with Gasteiger partial charge in [-0.05, 0) is 49.9 Å². The number of unbranched alkanes of at least 4 members (excludes halogenated alkanes) is 2. The van der Waals surface area contributed by atoms with Crippen molar-refractivity contribution in [3.05, 3.63) is 48.4 Å². The lowest BCUT2D eigenvalue weighted by Crippen LogP contribution is -1.99. The minimum absolute atomic E-state index is 0.254. The summed E-state index contributed by atoms with van der Waals surface area (Å²) in [5.74, 6) is 0. The van der Waals surface area contributed by atoms with E-state index in [2.05, 4.69) is 34.5 Å². The second kappa shape index (κ2) is 7.19. The molecule has 0 saturated heterocycles. The third kappa shape index (κ3) is 3.65. The monoisotopic (exact) mass is 311 g/mol. The summed E-state index contributed by atoms with van der Waals surface area (Å²) in [4.78, 5) is 0. The number of aliphatic hydroxyl groups excluding tert-OH is 1. The summed E-state index contributed by atoms with van der Waals surface area (Å²) in [7, 11) is 0. The maximum atomic E-state index is 8.80. The van der Waals surface area contributed by atoms with E-state index in [1.54, 1.807) is 6.20 Å². The maximum Gasteiger partial charge on any atom is 0.113 e. The molecule has 0 fully saturated rings. The van der Waals surface area contributed by atoms with Crippen molar-refractivity contribution in [3.8, 4) is 16.9 Å². The Labute approximate surface area is 135 Å². The molecule has 0 atom stereocenters. The van der Waals surface area contributed by atoms with Gasteiger partial charge in [0.1, 0.15) is 5.69 Å². The van der Waals surface area contributed by atoms with Crippen LogP contribution >= 0.6 is 0 Å². The van der Waals surface area contributed by atoms with E-state index in [9.17, 15) is 0 Å². The molecule has 1 aromatic carbocycles. The van der Waals surface area contributed by atoms with E-state index >= 15 is 0 Å². The van der Waals surface area contributed by atoms with Crippen molar-refractivity contribution >= 4 is 0 Å². The Morgan fingerprint density at radius 3 is 2.83 bits per heavy atom. The van der Waals surface area contributed by atoms with Gasteiger partial charge in [0.25, 0.3) is 0 Å². The Morgan fingerprint density at radius 1 is 1.17 bits per heavy atom. The van der Waals surface area contributed by atoms with Gasteiger partial charge in [-0.2, -0.15) is 5.10 Å². The van der Waals surface area contributed by atoms with Crippen LogP contribution in [0.2, 0.25) is 0 Å². The molecule has 120 valence electrons. The van der Waals surface area contributed by atoms with E-state index < -0.39 is 0 Å². The highest BCUT2D eigenvalue weighted by atomic mass is 16.2. The Morgan fingerprint density at radius 2 is 2.09 bits per heavy atom. The molecule has 0 saturated carbocycles. The van der Waals surface area contributed by atoms with Crippen LogP contribution in [0.4, 0.5) is 0 Å². The van der Waals surface area contributed by atoms with E-state index in [1.165, 1.54) is 0 Å². The number of hydrogen-bond acceptors (Lipinski definition) is 4. The van der Waals surface area contributed by atoms with E-state index in [4.69, 9.17) is 5.11 Å². The number of aliphatic hydroxyl groups is 1. The van der Waals surface area contributed by atoms with E-state index in [1.807, 2.05) is 33.9 Å². The third-order valence-electron chi connectivity index (χ3n) is 3.84. The maximum absolute atomic E-state index is 8.80. The van der Waals surface area contributed by atoms with Crippen molar-refractivity contribution in [1.82, 2.24) is 24.8 Å². The number of aromatic nitrogens is 5. The molecule has 0 aliphatic rings. The van der Waals surface area contributed by atoms with Crippen molar-refractivity contribution in [2.75, 3.05) is 6.61 Å². The molecule has 1 N–H and O–H groups in total. The quantitative estimate of drug-likeness (QED) is 0.681. The minimum atomic E-state index is 0.254. The van der Waals surface area contributed by atoms with Crippen molar-refractivity contribution in [3.63, 3.8) is 0 Å². The number of benzene rings is 1. The van der Waals surface area contributed by atoms with Gasteiger partial charge in [-0.3, -0.25) is 4.68 Å². The Kier molecular flexibility index (Phi) is 4.83. The molecule has 0 spiro atoms. The molecule has 6 nitrogen and oxygen atoms in total. The summed E-state index contributed by atoms with van der Waals surface area (Å²) < 4.78 is 3.71. The predicted octanol–water partition coefficient (Wildman–Crippen LogP) is 2.60. The van der Waals surface area contributed by atoms with Crippen LogP contribution in [0.15, 0.2) is 42.9 Å². The number of nitrogens with zero attached hydrogens (tertiary/aromatic N) is 5. The van der Waals surface area contributed by atoms with Gasteiger partial charge in [0.05, 0.1) is 11.9 Å². The highest BCUT2D eigenvalue weighted by Crippen LogP contribution is 2.23. The Hall–Kier alpha value is -2.47. The van der Waals surface area contributed by atoms with E-state index in [0.717, 1.165) is 48.3 Å². The highest BCUT2D eigenvalue weighted by Gasteiger charge is 2.08. The molecule has 3 rings (SSSR count). The van der Waals surface area contributed by atoms with Crippen LogP contribution in [-0.2, 0) is 6.54 Å². The normalized spacial score (nSPS) is 11.0. The van der Waals surface area contributed by atoms with Crippen LogP contribution in [0.5, 0.6) is 0 Å². The lowest BCUT2D eigenvalue weighted by Gasteiger charge is -2.06. The lowest BCUT2D eigenvalue weighted by molar-refractivity contribution is 0.281. The average molecular weight is 311 g/mol. The Balaban J connectivity index is 1.73. The molecule has 2 aromatic heterocycles. The highest BCUT2D eigenvalue weighted by molar-refractivity contribution is 5.64. The molecule has 6 heteroatoms. The number of aryl methyl sites for hydroxylation is 2. The van der Waals surface area contributed by atoms with Gasteiger partial charge in [0.2, 0.25) is 0 Å². The molecule has 0 aliphatic heterocycles. The molecule has 0 unspecified atom stereocenters. The summed E-state index contributed by atoms with van der Waals surface area (Å²) in [5.41, 5.74) is 4.15. The molecule has 0 amide bonds. The van der Waals surface area contributed by atoms with Crippen LogP contribution in [0.3, 0.4) is 0 Å². The van der Waals surface area contributed by atoms with Gasteiger partial charge < -0.3 is 5.11 Å². The smallest absolute Gasteiger partial charge is 0.113 e. The summed E-state index contributed by atoms with van der Waals surface area (Å²) >= 11 is 0. The third-order valence-corrected chi connectivity index (χ3v) is 3.84. The molecular weight excluding hydrogens is 290 g/mol. The second-order valence-corrected chi connectivity index (χ2v) is 5.60. The van der Waals surface area contributed by atoms with Crippen LogP contribution < -0.4 is 0 Å². The molecule has 3 aromatic rings. The summed E-state index contributed by atoms with van der Waals surface area (Å²) in [6, 6.07) is 8.11. The van der Waals surface area contributed by atoms with Gasteiger partial charge in [-0.15, -0.1) is 5.10 Å². The first-order chi connectivity index (χ1) is 11.3. The summed E-state index contributed by atoms with van der Waals surface area (Å²) in [6.07, 6.45) is 8.52. The van der Waals surface area contributed by atoms with E-state index in [0.29, 0.717) is 0 Å². The molecule has 23 heavy (non-hydrogen) atoms. The van der Waals surface area contributed by atoms with Crippen molar-refractivity contribution < 1.29 is 5.11 Å². The van der Waals surface area contributed by atoms with Crippen LogP contribution in [0.1, 0.15) is 24.8 Å². The van der Waals surface area contributed by atoms with Crippen molar-refractivity contribution in [1.29, 1.82) is 0 Å². The molecule has 2 heterocycles. The Bertz CT molecular complexity index is 748. The largest absolute Gasteiger partial charge is 0.396 e. The second-order valence-electron chi connectivity index (χ2n) is 5.60. The van der Waals surface area contributed by atoms with E-state index in [-0.39, 0.29) is 6.61 Å². The van der Waals surface area contributed by atoms with Crippen molar-refractivity contribution in [2.45, 2.75) is 32.7 Å². The first-order valence-electron chi connectivity index (χ1n) is 7.90. The predicted molar refractivity (Wildman–Crippen MR) is 88.3 cm³/mol. The van der Waals surface area contributed by atoms with Gasteiger partial charge >= 0.3 is 0 Å². The standard InChI is InChI=1S/C17H21N5O/c1-14-12-15(22-10-5-8-18-22)6-7-16(14)17-13-21(20-19-17)9-3-2-4-11-23/h5-8,10,12-13,23H,2-4,9,11H2,1H3. The first kappa shape index (κ1) is 15.4. The van der Waals surface area contributed by atoms with Crippen LogP contribution in [-0.4, -0.2) is 36.5 Å². The van der Waals surface area contributed by atoms with Crippen LogP contribution in [0, 0.1) is 6.92 Å². The molecule has 0 aliphatic carbocycles. The molecule has 0 radical (unpaired) electrons. The minimum Gasteiger partial charge on any atom is -0.396 e. The zero-order valence-electron chi connectivity index (χ0n) is 13.3. The topological polar surface area (TPSA) is 68.8 Å². The van der Waals surface area contributed by atoms with Gasteiger partial charge in [0.15, 0.2) is 0 Å². The van der Waals surface area contributed by atoms with Crippen LogP contribution in [0.25, 0.3) is 16.9 Å². The fourth-order valence-electron chi connectivity index (χ4n) is 2.59. The summed E-state index contributed by atoms with van der Waals surface area (Å²) in [5, 5.41) is 21.5. The lowest BCUT2D eigenvalue weighted by atomic mass is 10.1. The SMILES string of the molecule is Cc1cc(-n2cccn2)ccc1-c1cn(CCCCCO)nn1. The number of hydrogen-bond donors (Lipinski definition) is 1. The van der Waals surface area contributed by atoms with Gasteiger partial charge in [-0.1, -0.05) is 11.3 Å².